The van der Waals surface area contributed by atoms with E-state index in [9.17, 15) is 4.79 Å². The number of halogens is 1. The number of benzene rings is 1. The molecule has 0 saturated heterocycles. The first kappa shape index (κ1) is 14.9. The van der Waals surface area contributed by atoms with Crippen LogP contribution in [0.25, 0.3) is 11.0 Å². The summed E-state index contributed by atoms with van der Waals surface area (Å²) in [6, 6.07) is 6.03. The lowest BCUT2D eigenvalue weighted by Gasteiger charge is -2.10. The van der Waals surface area contributed by atoms with Crippen molar-refractivity contribution < 1.29 is 4.79 Å². The summed E-state index contributed by atoms with van der Waals surface area (Å²) in [6.45, 7) is 6.87. The number of imidazole rings is 1. The van der Waals surface area contributed by atoms with Crippen LogP contribution in [0.1, 0.15) is 37.0 Å². The molecular weight excluding hydrogens is 274 g/mol. The Kier molecular flexibility index (Phi) is 4.65. The van der Waals surface area contributed by atoms with Gasteiger partial charge in [-0.1, -0.05) is 13.0 Å². The second kappa shape index (κ2) is 6.27. The normalized spacial score (nSPS) is 12.6. The van der Waals surface area contributed by atoms with Gasteiger partial charge in [0.1, 0.15) is 12.4 Å². The van der Waals surface area contributed by atoms with Gasteiger partial charge in [0.2, 0.25) is 5.91 Å². The Morgan fingerprint density at radius 1 is 1.50 bits per heavy atom. The summed E-state index contributed by atoms with van der Waals surface area (Å²) in [7, 11) is 0. The summed E-state index contributed by atoms with van der Waals surface area (Å²) in [5, 5.41) is 2.65. The van der Waals surface area contributed by atoms with E-state index < -0.39 is 0 Å². The Bertz CT molecular complexity index is 619. The molecule has 5 heteroatoms. The van der Waals surface area contributed by atoms with E-state index >= 15 is 0 Å². The van der Waals surface area contributed by atoms with Crippen LogP contribution in [-0.2, 0) is 11.3 Å². The maximum atomic E-state index is 12.0. The van der Waals surface area contributed by atoms with Crippen molar-refractivity contribution in [2.45, 2.75) is 39.1 Å². The summed E-state index contributed by atoms with van der Waals surface area (Å²) in [4.78, 5) is 16.5. The van der Waals surface area contributed by atoms with Crippen molar-refractivity contribution in [1.29, 1.82) is 0 Å². The molecule has 1 heterocycles. The first-order valence-corrected chi connectivity index (χ1v) is 7.34. The van der Waals surface area contributed by atoms with E-state index in [1.807, 2.05) is 43.5 Å². The third-order valence-corrected chi connectivity index (χ3v) is 3.36. The molecule has 0 fully saturated rings. The van der Waals surface area contributed by atoms with Crippen molar-refractivity contribution in [2.24, 2.45) is 0 Å². The van der Waals surface area contributed by atoms with Crippen LogP contribution in [0.3, 0.4) is 0 Å². The number of amides is 1. The Morgan fingerprint density at radius 2 is 2.25 bits per heavy atom. The van der Waals surface area contributed by atoms with Gasteiger partial charge in [0.15, 0.2) is 0 Å². The molecule has 0 bridgehead atoms. The van der Waals surface area contributed by atoms with Crippen molar-refractivity contribution in [1.82, 2.24) is 14.9 Å². The minimum atomic E-state index is -0.235. The molecular formula is C15H20ClN3O. The average molecular weight is 294 g/mol. The Labute approximate surface area is 124 Å². The second-order valence-corrected chi connectivity index (χ2v) is 5.67. The molecule has 1 amide bonds. The Balaban J connectivity index is 2.38. The first-order valence-electron chi connectivity index (χ1n) is 6.90. The monoisotopic (exact) mass is 293 g/mol. The zero-order valence-electron chi connectivity index (χ0n) is 12.1. The molecule has 1 N–H and O–H groups in total. The van der Waals surface area contributed by atoms with Gasteiger partial charge >= 0.3 is 0 Å². The number of aryl methyl sites for hydroxylation is 1. The summed E-state index contributed by atoms with van der Waals surface area (Å²) < 4.78 is 1.90. The molecule has 1 unspecified atom stereocenters. The van der Waals surface area contributed by atoms with Crippen LogP contribution >= 0.6 is 11.6 Å². The van der Waals surface area contributed by atoms with Crippen LogP contribution in [0.2, 0.25) is 0 Å². The van der Waals surface area contributed by atoms with Crippen LogP contribution in [0.15, 0.2) is 18.2 Å². The lowest BCUT2D eigenvalue weighted by atomic mass is 10.2. The fourth-order valence-corrected chi connectivity index (χ4v) is 2.36. The molecule has 0 radical (unpaired) electrons. The van der Waals surface area contributed by atoms with Gasteiger partial charge in [0.05, 0.1) is 16.4 Å². The van der Waals surface area contributed by atoms with Gasteiger partial charge < -0.3 is 9.88 Å². The van der Waals surface area contributed by atoms with Crippen LogP contribution in [0.5, 0.6) is 0 Å². The van der Waals surface area contributed by atoms with Gasteiger partial charge in [0, 0.05) is 6.54 Å². The summed E-state index contributed by atoms with van der Waals surface area (Å²) in [5.74, 6) is 0.726. The van der Waals surface area contributed by atoms with Crippen molar-refractivity contribution >= 4 is 28.5 Å². The first-order chi connectivity index (χ1) is 9.52. The second-order valence-electron chi connectivity index (χ2n) is 5.01. The zero-order chi connectivity index (χ0) is 14.7. The molecule has 2 aromatic rings. The number of fused-ring (bicyclic) bond motifs is 1. The van der Waals surface area contributed by atoms with Crippen molar-refractivity contribution in [3.63, 3.8) is 0 Å². The molecule has 0 aliphatic rings. The van der Waals surface area contributed by atoms with Gasteiger partial charge in [-0.15, -0.1) is 11.6 Å². The van der Waals surface area contributed by atoms with Gasteiger partial charge in [-0.05, 0) is 38.0 Å². The molecule has 1 aromatic heterocycles. The minimum absolute atomic E-state index is 0.00899. The third kappa shape index (κ3) is 3.12. The van der Waals surface area contributed by atoms with Crippen LogP contribution in [0.4, 0.5) is 0 Å². The standard InChI is InChI=1S/C15H20ClN3O/c1-4-7-17-14(20)9-19-13-6-5-10(2)8-12(13)18-15(19)11(3)16/h5-6,8,11H,4,7,9H2,1-3H3,(H,17,20). The number of nitrogens with one attached hydrogen (secondary N) is 1. The van der Waals surface area contributed by atoms with E-state index in [4.69, 9.17) is 11.6 Å². The number of carbonyl (C=O) groups excluding carboxylic acids is 1. The van der Waals surface area contributed by atoms with Crippen molar-refractivity contribution in [3.8, 4) is 0 Å². The molecule has 1 aromatic carbocycles. The maximum Gasteiger partial charge on any atom is 0.240 e. The van der Waals surface area contributed by atoms with E-state index in [2.05, 4.69) is 10.3 Å². The molecule has 108 valence electrons. The molecule has 0 spiro atoms. The van der Waals surface area contributed by atoms with E-state index in [0.717, 1.165) is 28.8 Å². The molecule has 0 aliphatic heterocycles. The maximum absolute atomic E-state index is 12.0. The van der Waals surface area contributed by atoms with Crippen LogP contribution in [-0.4, -0.2) is 22.0 Å². The highest BCUT2D eigenvalue weighted by atomic mass is 35.5. The molecule has 0 aliphatic carbocycles. The van der Waals surface area contributed by atoms with Gasteiger partial charge in [-0.2, -0.15) is 0 Å². The molecule has 2 rings (SSSR count). The lowest BCUT2D eigenvalue weighted by molar-refractivity contribution is -0.121. The van der Waals surface area contributed by atoms with Crippen LogP contribution in [0, 0.1) is 6.92 Å². The fraction of sp³-hybridized carbons (Fsp3) is 0.467. The number of aromatic nitrogens is 2. The zero-order valence-corrected chi connectivity index (χ0v) is 12.9. The molecule has 20 heavy (non-hydrogen) atoms. The number of hydrogen-bond donors (Lipinski definition) is 1. The molecule has 0 saturated carbocycles. The fourth-order valence-electron chi connectivity index (χ4n) is 2.19. The largest absolute Gasteiger partial charge is 0.355 e. The Hall–Kier alpha value is -1.55. The van der Waals surface area contributed by atoms with E-state index in [0.29, 0.717) is 6.54 Å². The highest BCUT2D eigenvalue weighted by molar-refractivity contribution is 6.20. The smallest absolute Gasteiger partial charge is 0.240 e. The number of hydrogen-bond acceptors (Lipinski definition) is 2. The topological polar surface area (TPSA) is 46.9 Å². The summed E-state index contributed by atoms with van der Waals surface area (Å²) in [5.41, 5.74) is 2.98. The summed E-state index contributed by atoms with van der Waals surface area (Å²) >= 11 is 6.19. The Morgan fingerprint density at radius 3 is 2.90 bits per heavy atom. The molecule has 1 atom stereocenters. The van der Waals surface area contributed by atoms with Gasteiger partial charge in [0.25, 0.3) is 0 Å². The molecule has 4 nitrogen and oxygen atoms in total. The average Bonchev–Trinajstić information content (AvgIpc) is 2.74. The van der Waals surface area contributed by atoms with E-state index in [1.165, 1.54) is 0 Å². The number of rotatable bonds is 5. The van der Waals surface area contributed by atoms with Crippen molar-refractivity contribution in [3.05, 3.63) is 29.6 Å². The predicted molar refractivity (Wildman–Crippen MR) is 82.0 cm³/mol. The lowest BCUT2D eigenvalue weighted by Crippen LogP contribution is -2.28. The highest BCUT2D eigenvalue weighted by Crippen LogP contribution is 2.25. The van der Waals surface area contributed by atoms with Crippen LogP contribution < -0.4 is 5.32 Å². The third-order valence-electron chi connectivity index (χ3n) is 3.16. The SMILES string of the molecule is CCCNC(=O)Cn1c(C(C)Cl)nc2cc(C)ccc21. The predicted octanol–water partition coefficient (Wildman–Crippen LogP) is 3.17. The van der Waals surface area contributed by atoms with Crippen molar-refractivity contribution in [2.75, 3.05) is 6.54 Å². The minimum Gasteiger partial charge on any atom is -0.355 e. The number of carbonyl (C=O) groups is 1. The van der Waals surface area contributed by atoms with E-state index in [1.54, 1.807) is 0 Å². The number of alkyl halides is 1. The summed E-state index contributed by atoms with van der Waals surface area (Å²) in [6.07, 6.45) is 0.925. The quantitative estimate of drug-likeness (QED) is 0.861. The van der Waals surface area contributed by atoms with Gasteiger partial charge in [-0.3, -0.25) is 4.79 Å². The van der Waals surface area contributed by atoms with Gasteiger partial charge in [-0.25, -0.2) is 4.98 Å². The number of nitrogens with zero attached hydrogens (tertiary/aromatic N) is 2. The highest BCUT2D eigenvalue weighted by Gasteiger charge is 2.16. The van der Waals surface area contributed by atoms with E-state index in [-0.39, 0.29) is 17.8 Å².